The molecule has 1 N–H and O–H groups in total. The molecule has 2 amide bonds. The predicted molar refractivity (Wildman–Crippen MR) is 95.8 cm³/mol. The van der Waals surface area contributed by atoms with Gasteiger partial charge in [0.15, 0.2) is 0 Å². The number of nitrogens with zero attached hydrogens (tertiary/aromatic N) is 1. The number of carbonyl (C=O) groups is 2. The van der Waals surface area contributed by atoms with Gasteiger partial charge < -0.3 is 10.2 Å². The van der Waals surface area contributed by atoms with E-state index in [1.54, 1.807) is 41.3 Å². The van der Waals surface area contributed by atoms with E-state index < -0.39 is 0 Å². The van der Waals surface area contributed by atoms with E-state index in [-0.39, 0.29) is 11.8 Å². The zero-order valence-corrected chi connectivity index (χ0v) is 14.8. The molecule has 0 saturated heterocycles. The van der Waals surface area contributed by atoms with Crippen molar-refractivity contribution in [3.05, 3.63) is 64.1 Å². The van der Waals surface area contributed by atoms with Gasteiger partial charge in [0.1, 0.15) is 0 Å². The molecule has 0 unspecified atom stereocenters. The van der Waals surface area contributed by atoms with Gasteiger partial charge in [0.2, 0.25) is 0 Å². The number of benzene rings is 2. The standard InChI is InChI=1S/C18H19BrN2O2/c1-3-21(4-2)18(23)14-6-5-7-16(12-14)20-17(22)13-8-10-15(19)11-9-13/h5-12H,3-4H2,1-2H3,(H,20,22). The third-order valence-corrected chi connectivity index (χ3v) is 4.05. The number of amides is 2. The van der Waals surface area contributed by atoms with Crippen LogP contribution in [0.3, 0.4) is 0 Å². The number of carbonyl (C=O) groups excluding carboxylic acids is 2. The average molecular weight is 375 g/mol. The Morgan fingerprint density at radius 3 is 2.26 bits per heavy atom. The zero-order chi connectivity index (χ0) is 16.8. The second kappa shape index (κ2) is 7.92. The van der Waals surface area contributed by atoms with Crippen molar-refractivity contribution in [3.8, 4) is 0 Å². The Morgan fingerprint density at radius 1 is 1.00 bits per heavy atom. The fraction of sp³-hybridized carbons (Fsp3) is 0.222. The summed E-state index contributed by atoms with van der Waals surface area (Å²) in [6.45, 7) is 5.21. The summed E-state index contributed by atoms with van der Waals surface area (Å²) < 4.78 is 0.917. The molecule has 0 saturated carbocycles. The smallest absolute Gasteiger partial charge is 0.255 e. The molecule has 0 aliphatic rings. The summed E-state index contributed by atoms with van der Waals surface area (Å²) in [5.74, 6) is -0.236. The molecule has 0 aromatic heterocycles. The lowest BCUT2D eigenvalue weighted by atomic mass is 10.1. The lowest BCUT2D eigenvalue weighted by Crippen LogP contribution is -2.30. The van der Waals surface area contributed by atoms with Gasteiger partial charge >= 0.3 is 0 Å². The molecular weight excluding hydrogens is 356 g/mol. The first kappa shape index (κ1) is 17.2. The maximum absolute atomic E-state index is 12.4. The van der Waals surface area contributed by atoms with E-state index in [1.807, 2.05) is 26.0 Å². The van der Waals surface area contributed by atoms with Crippen molar-refractivity contribution < 1.29 is 9.59 Å². The lowest BCUT2D eigenvalue weighted by molar-refractivity contribution is 0.0772. The first-order valence-electron chi connectivity index (χ1n) is 7.51. The second-order valence-corrected chi connectivity index (χ2v) is 5.93. The van der Waals surface area contributed by atoms with Crippen LogP contribution >= 0.6 is 15.9 Å². The molecule has 0 aliphatic heterocycles. The van der Waals surface area contributed by atoms with Crippen molar-refractivity contribution in [1.29, 1.82) is 0 Å². The quantitative estimate of drug-likeness (QED) is 0.852. The fourth-order valence-corrected chi connectivity index (χ4v) is 2.49. The molecule has 0 bridgehead atoms. The van der Waals surface area contributed by atoms with Crippen LogP contribution in [0.4, 0.5) is 5.69 Å². The molecule has 0 spiro atoms. The Bertz CT molecular complexity index is 694. The van der Waals surface area contributed by atoms with E-state index in [4.69, 9.17) is 0 Å². The van der Waals surface area contributed by atoms with Crippen molar-refractivity contribution in [2.24, 2.45) is 0 Å². The minimum Gasteiger partial charge on any atom is -0.339 e. The number of nitrogens with one attached hydrogen (secondary N) is 1. The van der Waals surface area contributed by atoms with Crippen molar-refractivity contribution in [2.45, 2.75) is 13.8 Å². The van der Waals surface area contributed by atoms with Crippen LogP contribution < -0.4 is 5.32 Å². The van der Waals surface area contributed by atoms with Gasteiger partial charge in [-0.2, -0.15) is 0 Å². The number of halogens is 1. The number of rotatable bonds is 5. The molecule has 0 atom stereocenters. The summed E-state index contributed by atoms with van der Waals surface area (Å²) in [6, 6.07) is 14.1. The predicted octanol–water partition coefficient (Wildman–Crippen LogP) is 4.18. The maximum Gasteiger partial charge on any atom is 0.255 e. The Kier molecular flexibility index (Phi) is 5.93. The SMILES string of the molecule is CCN(CC)C(=O)c1cccc(NC(=O)c2ccc(Br)cc2)c1. The maximum atomic E-state index is 12.4. The monoisotopic (exact) mass is 374 g/mol. The molecule has 5 heteroatoms. The van der Waals surface area contributed by atoms with Crippen molar-refractivity contribution in [3.63, 3.8) is 0 Å². The molecule has 2 aromatic rings. The van der Waals surface area contributed by atoms with Gasteiger partial charge in [-0.25, -0.2) is 0 Å². The zero-order valence-electron chi connectivity index (χ0n) is 13.2. The molecule has 2 aromatic carbocycles. The van der Waals surface area contributed by atoms with Crippen LogP contribution in [-0.2, 0) is 0 Å². The third kappa shape index (κ3) is 4.42. The number of anilines is 1. The summed E-state index contributed by atoms with van der Waals surface area (Å²) in [5, 5.41) is 2.82. The van der Waals surface area contributed by atoms with Crippen molar-refractivity contribution in [2.75, 3.05) is 18.4 Å². The number of hydrogen-bond donors (Lipinski definition) is 1. The summed E-state index contributed by atoms with van der Waals surface area (Å²) in [5.41, 5.74) is 1.74. The van der Waals surface area contributed by atoms with Crippen molar-refractivity contribution in [1.82, 2.24) is 4.90 Å². The Balaban J connectivity index is 2.15. The third-order valence-electron chi connectivity index (χ3n) is 3.52. The van der Waals surface area contributed by atoms with Gasteiger partial charge in [-0.05, 0) is 56.3 Å². The van der Waals surface area contributed by atoms with Crippen molar-refractivity contribution >= 4 is 33.4 Å². The van der Waals surface area contributed by atoms with Crippen LogP contribution in [-0.4, -0.2) is 29.8 Å². The normalized spacial score (nSPS) is 10.2. The van der Waals surface area contributed by atoms with E-state index in [2.05, 4.69) is 21.2 Å². The highest BCUT2D eigenvalue weighted by atomic mass is 79.9. The summed E-state index contributed by atoms with van der Waals surface area (Å²) >= 11 is 3.34. The lowest BCUT2D eigenvalue weighted by Gasteiger charge is -2.19. The van der Waals surface area contributed by atoms with Crippen LogP contribution in [0.5, 0.6) is 0 Å². The van der Waals surface area contributed by atoms with Gasteiger partial charge in [0.25, 0.3) is 11.8 Å². The van der Waals surface area contributed by atoms with Gasteiger partial charge in [-0.3, -0.25) is 9.59 Å². The largest absolute Gasteiger partial charge is 0.339 e. The minimum absolute atomic E-state index is 0.0326. The van der Waals surface area contributed by atoms with E-state index in [0.29, 0.717) is 29.9 Å². The number of hydrogen-bond acceptors (Lipinski definition) is 2. The van der Waals surface area contributed by atoms with Gasteiger partial charge in [0, 0.05) is 34.4 Å². The van der Waals surface area contributed by atoms with Crippen LogP contribution in [0.1, 0.15) is 34.6 Å². The fourth-order valence-electron chi connectivity index (χ4n) is 2.23. The average Bonchev–Trinajstić information content (AvgIpc) is 2.56. The highest BCUT2D eigenvalue weighted by Crippen LogP contribution is 2.15. The first-order valence-corrected chi connectivity index (χ1v) is 8.30. The molecule has 0 heterocycles. The summed E-state index contributed by atoms with van der Waals surface area (Å²) in [7, 11) is 0. The first-order chi connectivity index (χ1) is 11.0. The summed E-state index contributed by atoms with van der Waals surface area (Å²) in [4.78, 5) is 26.3. The van der Waals surface area contributed by atoms with Gasteiger partial charge in [-0.1, -0.05) is 22.0 Å². The topological polar surface area (TPSA) is 49.4 Å². The van der Waals surface area contributed by atoms with Crippen LogP contribution in [0.15, 0.2) is 53.0 Å². The Morgan fingerprint density at radius 2 is 1.65 bits per heavy atom. The highest BCUT2D eigenvalue weighted by Gasteiger charge is 2.13. The molecule has 0 radical (unpaired) electrons. The molecular formula is C18H19BrN2O2. The Hall–Kier alpha value is -2.14. The second-order valence-electron chi connectivity index (χ2n) is 5.02. The molecule has 2 rings (SSSR count). The highest BCUT2D eigenvalue weighted by molar-refractivity contribution is 9.10. The van der Waals surface area contributed by atoms with Gasteiger partial charge in [-0.15, -0.1) is 0 Å². The summed E-state index contributed by atoms with van der Waals surface area (Å²) in [6.07, 6.45) is 0. The van der Waals surface area contributed by atoms with Gasteiger partial charge in [0.05, 0.1) is 0 Å². The van der Waals surface area contributed by atoms with E-state index in [0.717, 1.165) is 4.47 Å². The van der Waals surface area contributed by atoms with Crippen LogP contribution in [0, 0.1) is 0 Å². The molecule has 120 valence electrons. The Labute approximate surface area is 144 Å². The minimum atomic E-state index is -0.204. The van der Waals surface area contributed by atoms with E-state index >= 15 is 0 Å². The van der Waals surface area contributed by atoms with Crippen LogP contribution in [0.25, 0.3) is 0 Å². The van der Waals surface area contributed by atoms with E-state index in [1.165, 1.54) is 0 Å². The molecule has 4 nitrogen and oxygen atoms in total. The molecule has 0 aliphatic carbocycles. The molecule has 23 heavy (non-hydrogen) atoms. The van der Waals surface area contributed by atoms with Crippen LogP contribution in [0.2, 0.25) is 0 Å². The molecule has 0 fully saturated rings. The van der Waals surface area contributed by atoms with E-state index in [9.17, 15) is 9.59 Å².